The molecule has 0 saturated carbocycles. The zero-order valence-electron chi connectivity index (χ0n) is 9.47. The number of para-hydroxylation sites is 2. The van der Waals surface area contributed by atoms with Crippen molar-refractivity contribution in [1.82, 2.24) is 19.3 Å². The summed E-state index contributed by atoms with van der Waals surface area (Å²) in [5, 5.41) is 4.09. The third-order valence-electron chi connectivity index (χ3n) is 2.61. The normalized spacial score (nSPS) is 10.4. The predicted octanol–water partition coefficient (Wildman–Crippen LogP) is 1.42. The lowest BCUT2D eigenvalue weighted by Gasteiger charge is -2.10. The molecule has 0 radical (unpaired) electrons. The van der Waals surface area contributed by atoms with Crippen LogP contribution in [-0.2, 0) is 0 Å². The SMILES string of the molecule is O=c1cccnn1-c1ccccc1-n1ccnc1. The predicted molar refractivity (Wildman–Crippen MR) is 67.0 cm³/mol. The molecule has 0 aliphatic carbocycles. The van der Waals surface area contributed by atoms with Crippen LogP contribution in [0.1, 0.15) is 0 Å². The van der Waals surface area contributed by atoms with Gasteiger partial charge >= 0.3 is 0 Å². The quantitative estimate of drug-likeness (QED) is 0.678. The third kappa shape index (κ3) is 1.71. The fraction of sp³-hybridized carbons (Fsp3) is 0. The zero-order chi connectivity index (χ0) is 12.4. The maximum absolute atomic E-state index is 11.8. The van der Waals surface area contributed by atoms with E-state index in [0.717, 1.165) is 11.4 Å². The number of aromatic nitrogens is 4. The molecule has 0 spiro atoms. The molecule has 0 unspecified atom stereocenters. The fourth-order valence-electron chi connectivity index (χ4n) is 1.80. The average molecular weight is 238 g/mol. The van der Waals surface area contributed by atoms with Gasteiger partial charge in [0, 0.05) is 24.7 Å². The summed E-state index contributed by atoms with van der Waals surface area (Å²) in [4.78, 5) is 15.8. The van der Waals surface area contributed by atoms with E-state index in [-0.39, 0.29) is 5.56 Å². The van der Waals surface area contributed by atoms with E-state index < -0.39 is 0 Å². The van der Waals surface area contributed by atoms with Crippen LogP contribution in [0.4, 0.5) is 0 Å². The number of benzene rings is 1. The number of rotatable bonds is 2. The smallest absolute Gasteiger partial charge is 0.271 e. The van der Waals surface area contributed by atoms with Crippen molar-refractivity contribution in [1.29, 1.82) is 0 Å². The Kier molecular flexibility index (Phi) is 2.49. The first kappa shape index (κ1) is 10.5. The standard InChI is InChI=1S/C13H10N4O/c18-13-6-3-7-15-17(13)12-5-2-1-4-11(12)16-9-8-14-10-16/h1-10H. The molecule has 0 saturated heterocycles. The molecular formula is C13H10N4O. The molecule has 0 bridgehead atoms. The van der Waals surface area contributed by atoms with Gasteiger partial charge in [0.15, 0.2) is 0 Å². The van der Waals surface area contributed by atoms with Crippen molar-refractivity contribution < 1.29 is 0 Å². The van der Waals surface area contributed by atoms with Gasteiger partial charge in [0.05, 0.1) is 17.7 Å². The van der Waals surface area contributed by atoms with Gasteiger partial charge in [-0.15, -0.1) is 0 Å². The van der Waals surface area contributed by atoms with Crippen molar-refractivity contribution in [3.63, 3.8) is 0 Å². The lowest BCUT2D eigenvalue weighted by atomic mass is 10.2. The van der Waals surface area contributed by atoms with Gasteiger partial charge in [-0.3, -0.25) is 4.79 Å². The lowest BCUT2D eigenvalue weighted by Crippen LogP contribution is -2.20. The van der Waals surface area contributed by atoms with Crippen LogP contribution in [0.2, 0.25) is 0 Å². The van der Waals surface area contributed by atoms with Gasteiger partial charge in [-0.2, -0.15) is 9.78 Å². The molecule has 0 aliphatic rings. The van der Waals surface area contributed by atoms with E-state index >= 15 is 0 Å². The van der Waals surface area contributed by atoms with Crippen LogP contribution in [-0.4, -0.2) is 19.3 Å². The summed E-state index contributed by atoms with van der Waals surface area (Å²) in [5.41, 5.74) is 1.42. The molecule has 5 nitrogen and oxygen atoms in total. The second-order valence-corrected chi connectivity index (χ2v) is 3.73. The Morgan fingerprint density at radius 3 is 2.50 bits per heavy atom. The molecule has 3 rings (SSSR count). The third-order valence-corrected chi connectivity index (χ3v) is 2.61. The molecule has 3 aromatic rings. The number of hydrogen-bond donors (Lipinski definition) is 0. The molecule has 0 atom stereocenters. The number of imidazole rings is 1. The fourth-order valence-corrected chi connectivity index (χ4v) is 1.80. The molecule has 2 aromatic heterocycles. The van der Waals surface area contributed by atoms with Gasteiger partial charge < -0.3 is 4.57 Å². The molecule has 88 valence electrons. The summed E-state index contributed by atoms with van der Waals surface area (Å²) in [6.45, 7) is 0. The Morgan fingerprint density at radius 1 is 0.944 bits per heavy atom. The number of hydrogen-bond acceptors (Lipinski definition) is 3. The van der Waals surface area contributed by atoms with Crippen molar-refractivity contribution in [2.75, 3.05) is 0 Å². The highest BCUT2D eigenvalue weighted by Gasteiger charge is 2.07. The minimum Gasteiger partial charge on any atom is -0.304 e. The summed E-state index contributed by atoms with van der Waals surface area (Å²) < 4.78 is 3.21. The molecule has 18 heavy (non-hydrogen) atoms. The van der Waals surface area contributed by atoms with Crippen molar-refractivity contribution in [3.8, 4) is 11.4 Å². The van der Waals surface area contributed by atoms with Gasteiger partial charge in [-0.05, 0) is 18.2 Å². The molecule has 0 amide bonds. The second kappa shape index (κ2) is 4.29. The maximum atomic E-state index is 11.8. The number of nitrogens with zero attached hydrogens (tertiary/aromatic N) is 4. The average Bonchev–Trinajstić information content (AvgIpc) is 2.93. The molecule has 2 heterocycles. The van der Waals surface area contributed by atoms with Crippen molar-refractivity contribution in [2.24, 2.45) is 0 Å². The monoisotopic (exact) mass is 238 g/mol. The summed E-state index contributed by atoms with van der Waals surface area (Å²) >= 11 is 0. The van der Waals surface area contributed by atoms with Crippen molar-refractivity contribution in [3.05, 3.63) is 71.7 Å². The molecule has 0 fully saturated rings. The summed E-state index contributed by atoms with van der Waals surface area (Å²) in [7, 11) is 0. The van der Waals surface area contributed by atoms with E-state index in [0.29, 0.717) is 0 Å². The largest absolute Gasteiger partial charge is 0.304 e. The topological polar surface area (TPSA) is 52.7 Å². The zero-order valence-corrected chi connectivity index (χ0v) is 9.47. The van der Waals surface area contributed by atoms with Gasteiger partial charge in [-0.1, -0.05) is 12.1 Å². The molecule has 0 aliphatic heterocycles. The van der Waals surface area contributed by atoms with Crippen LogP contribution in [0.5, 0.6) is 0 Å². The van der Waals surface area contributed by atoms with Crippen LogP contribution >= 0.6 is 0 Å². The van der Waals surface area contributed by atoms with Crippen LogP contribution in [0.3, 0.4) is 0 Å². The molecule has 1 aromatic carbocycles. The summed E-state index contributed by atoms with van der Waals surface area (Å²) in [6, 6.07) is 10.7. The van der Waals surface area contributed by atoms with Crippen LogP contribution in [0, 0.1) is 0 Å². The highest BCUT2D eigenvalue weighted by atomic mass is 16.1. The van der Waals surface area contributed by atoms with Crippen LogP contribution in [0.25, 0.3) is 11.4 Å². The van der Waals surface area contributed by atoms with Crippen LogP contribution < -0.4 is 5.56 Å². The van der Waals surface area contributed by atoms with E-state index in [2.05, 4.69) is 10.1 Å². The second-order valence-electron chi connectivity index (χ2n) is 3.73. The Bertz CT molecular complexity index is 716. The van der Waals surface area contributed by atoms with E-state index in [9.17, 15) is 4.79 Å². The van der Waals surface area contributed by atoms with Gasteiger partial charge in [0.1, 0.15) is 0 Å². The molecule has 5 heteroatoms. The highest BCUT2D eigenvalue weighted by molar-refractivity contribution is 5.51. The van der Waals surface area contributed by atoms with Crippen molar-refractivity contribution >= 4 is 0 Å². The summed E-state index contributed by atoms with van der Waals surface area (Å²) in [6.07, 6.45) is 6.80. The minimum absolute atomic E-state index is 0.162. The maximum Gasteiger partial charge on any atom is 0.271 e. The summed E-state index contributed by atoms with van der Waals surface area (Å²) in [5.74, 6) is 0. The first-order valence-corrected chi connectivity index (χ1v) is 5.48. The van der Waals surface area contributed by atoms with Crippen molar-refractivity contribution in [2.45, 2.75) is 0 Å². The van der Waals surface area contributed by atoms with Crippen LogP contribution in [0.15, 0.2) is 66.1 Å². The van der Waals surface area contributed by atoms with Gasteiger partial charge in [-0.25, -0.2) is 4.98 Å². The first-order chi connectivity index (χ1) is 8.86. The van der Waals surface area contributed by atoms with E-state index in [1.165, 1.54) is 10.7 Å². The van der Waals surface area contributed by atoms with Gasteiger partial charge in [0.25, 0.3) is 5.56 Å². The molecular weight excluding hydrogens is 228 g/mol. The minimum atomic E-state index is -0.162. The Labute approximate surface area is 103 Å². The molecule has 0 N–H and O–H groups in total. The van der Waals surface area contributed by atoms with E-state index in [1.54, 1.807) is 24.8 Å². The van der Waals surface area contributed by atoms with E-state index in [1.807, 2.05) is 35.0 Å². The Morgan fingerprint density at radius 2 is 1.78 bits per heavy atom. The van der Waals surface area contributed by atoms with E-state index in [4.69, 9.17) is 0 Å². The Hall–Kier alpha value is -2.69. The Balaban J connectivity index is 2.26. The lowest BCUT2D eigenvalue weighted by molar-refractivity contribution is 0.797. The van der Waals surface area contributed by atoms with Gasteiger partial charge in [0.2, 0.25) is 0 Å². The highest BCUT2D eigenvalue weighted by Crippen LogP contribution is 2.16. The first-order valence-electron chi connectivity index (χ1n) is 5.48.